The molecule has 0 aliphatic carbocycles. The smallest absolute Gasteiger partial charge is 0.416 e. The monoisotopic (exact) mass is 321 g/mol. The molecule has 1 N–H and O–H groups in total. The maximum Gasteiger partial charge on any atom is 0.416 e. The van der Waals surface area contributed by atoms with E-state index in [1.165, 1.54) is 12.1 Å². The van der Waals surface area contributed by atoms with Gasteiger partial charge in [-0.25, -0.2) is 4.79 Å². The maximum absolute atomic E-state index is 12.5. The molecule has 1 rings (SSSR count). The van der Waals surface area contributed by atoms with E-state index >= 15 is 0 Å². The van der Waals surface area contributed by atoms with Crippen LogP contribution >= 0.6 is 11.6 Å². The molecule has 1 atom stereocenters. The number of nitrogens with one attached hydrogen (secondary N) is 1. The molecule has 0 amide bonds. The first-order valence-electron chi connectivity index (χ1n) is 6.20. The molecular formula is C14H15ClF3NO2. The molecule has 1 unspecified atom stereocenters. The topological polar surface area (TPSA) is 38.3 Å². The van der Waals surface area contributed by atoms with Crippen LogP contribution < -0.4 is 5.32 Å². The van der Waals surface area contributed by atoms with Crippen LogP contribution in [0.5, 0.6) is 0 Å². The molecule has 0 radical (unpaired) electrons. The van der Waals surface area contributed by atoms with Crippen LogP contribution in [0.2, 0.25) is 5.02 Å². The van der Waals surface area contributed by atoms with Gasteiger partial charge in [-0.15, -0.1) is 6.58 Å². The van der Waals surface area contributed by atoms with Crippen LogP contribution in [-0.4, -0.2) is 18.6 Å². The normalized spacial score (nSPS) is 12.6. The summed E-state index contributed by atoms with van der Waals surface area (Å²) in [5.74, 6) is -0.520. The van der Waals surface area contributed by atoms with Crippen LogP contribution in [0.15, 0.2) is 30.9 Å². The number of esters is 1. The molecule has 0 aliphatic rings. The summed E-state index contributed by atoms with van der Waals surface area (Å²) >= 11 is 5.82. The molecule has 1 aromatic rings. The van der Waals surface area contributed by atoms with Gasteiger partial charge in [0, 0.05) is 0 Å². The van der Waals surface area contributed by atoms with E-state index in [1.807, 2.05) is 0 Å². The number of ether oxygens (including phenoxy) is 1. The summed E-state index contributed by atoms with van der Waals surface area (Å²) in [4.78, 5) is 11.7. The van der Waals surface area contributed by atoms with Crippen molar-refractivity contribution in [3.63, 3.8) is 0 Å². The molecule has 0 saturated heterocycles. The summed E-state index contributed by atoms with van der Waals surface area (Å²) in [6, 6.07) is 2.13. The average molecular weight is 322 g/mol. The van der Waals surface area contributed by atoms with Crippen molar-refractivity contribution in [2.45, 2.75) is 25.6 Å². The van der Waals surface area contributed by atoms with Gasteiger partial charge in [0.1, 0.15) is 6.04 Å². The molecule has 116 valence electrons. The van der Waals surface area contributed by atoms with Crippen LogP contribution in [-0.2, 0) is 15.7 Å². The molecular weight excluding hydrogens is 307 g/mol. The summed E-state index contributed by atoms with van der Waals surface area (Å²) < 4.78 is 42.5. The zero-order chi connectivity index (χ0) is 16.0. The van der Waals surface area contributed by atoms with Crippen molar-refractivity contribution in [2.75, 3.05) is 11.9 Å². The lowest BCUT2D eigenvalue weighted by molar-refractivity contribution is -0.144. The van der Waals surface area contributed by atoms with Crippen LogP contribution in [0.25, 0.3) is 0 Å². The van der Waals surface area contributed by atoms with Crippen LogP contribution in [0, 0.1) is 0 Å². The summed E-state index contributed by atoms with van der Waals surface area (Å²) in [5.41, 5.74) is -0.626. The highest BCUT2D eigenvalue weighted by Gasteiger charge is 2.31. The molecule has 3 nitrogen and oxygen atoms in total. The minimum Gasteiger partial charge on any atom is -0.464 e. The van der Waals surface area contributed by atoms with E-state index in [1.54, 1.807) is 6.92 Å². The van der Waals surface area contributed by atoms with Crippen LogP contribution in [0.4, 0.5) is 18.9 Å². The number of rotatable bonds is 6. The van der Waals surface area contributed by atoms with Gasteiger partial charge in [0.15, 0.2) is 0 Å². The van der Waals surface area contributed by atoms with Crippen molar-refractivity contribution in [1.82, 2.24) is 0 Å². The lowest BCUT2D eigenvalue weighted by Crippen LogP contribution is -2.31. The number of alkyl halides is 3. The highest BCUT2D eigenvalue weighted by atomic mass is 35.5. The predicted molar refractivity (Wildman–Crippen MR) is 75.3 cm³/mol. The Morgan fingerprint density at radius 2 is 2.19 bits per heavy atom. The Labute approximate surface area is 125 Å². The summed E-state index contributed by atoms with van der Waals surface area (Å²) in [5, 5.41) is 2.64. The van der Waals surface area contributed by atoms with E-state index < -0.39 is 23.8 Å². The Balaban J connectivity index is 2.94. The number of benzene rings is 1. The molecule has 0 aromatic heterocycles. The van der Waals surface area contributed by atoms with E-state index in [4.69, 9.17) is 16.3 Å². The summed E-state index contributed by atoms with van der Waals surface area (Å²) in [6.45, 7) is 5.39. The van der Waals surface area contributed by atoms with Gasteiger partial charge in [-0.2, -0.15) is 13.2 Å². The minimum atomic E-state index is -4.47. The molecule has 0 bridgehead atoms. The SMILES string of the molecule is C=CCC(Nc1ccc(C(F)(F)F)cc1Cl)C(=O)OCC. The molecule has 0 aliphatic heterocycles. The van der Waals surface area contributed by atoms with Gasteiger partial charge in [-0.1, -0.05) is 17.7 Å². The van der Waals surface area contributed by atoms with Gasteiger partial charge in [0.2, 0.25) is 0 Å². The number of hydrogen-bond donors (Lipinski definition) is 1. The van der Waals surface area contributed by atoms with Gasteiger partial charge < -0.3 is 10.1 Å². The molecule has 1 aromatic carbocycles. The Morgan fingerprint density at radius 1 is 1.52 bits per heavy atom. The number of anilines is 1. The van der Waals surface area contributed by atoms with Crippen molar-refractivity contribution >= 4 is 23.3 Å². The van der Waals surface area contributed by atoms with Gasteiger partial charge >= 0.3 is 12.1 Å². The molecule has 0 spiro atoms. The third-order valence-electron chi connectivity index (χ3n) is 2.60. The van der Waals surface area contributed by atoms with E-state index in [0.29, 0.717) is 0 Å². The zero-order valence-corrected chi connectivity index (χ0v) is 12.1. The Morgan fingerprint density at radius 3 is 2.67 bits per heavy atom. The largest absolute Gasteiger partial charge is 0.464 e. The van der Waals surface area contributed by atoms with Gasteiger partial charge in [-0.3, -0.25) is 0 Å². The van der Waals surface area contributed by atoms with Crippen molar-refractivity contribution in [3.05, 3.63) is 41.4 Å². The summed E-state index contributed by atoms with van der Waals surface area (Å²) in [7, 11) is 0. The quantitative estimate of drug-likeness (QED) is 0.628. The fraction of sp³-hybridized carbons (Fsp3) is 0.357. The van der Waals surface area contributed by atoms with E-state index in [-0.39, 0.29) is 23.7 Å². The van der Waals surface area contributed by atoms with Crippen molar-refractivity contribution in [1.29, 1.82) is 0 Å². The van der Waals surface area contributed by atoms with Crippen LogP contribution in [0.3, 0.4) is 0 Å². The zero-order valence-electron chi connectivity index (χ0n) is 11.3. The minimum absolute atomic E-state index is 0.122. The first-order chi connectivity index (χ1) is 9.79. The number of halogens is 4. The Kier molecular flexibility index (Phi) is 6.08. The van der Waals surface area contributed by atoms with E-state index in [2.05, 4.69) is 11.9 Å². The Bertz CT molecular complexity index is 517. The van der Waals surface area contributed by atoms with Gasteiger partial charge in [-0.05, 0) is 31.5 Å². The first-order valence-corrected chi connectivity index (χ1v) is 6.58. The van der Waals surface area contributed by atoms with E-state index in [9.17, 15) is 18.0 Å². The first kappa shape index (κ1) is 17.4. The van der Waals surface area contributed by atoms with Crippen molar-refractivity contribution in [2.24, 2.45) is 0 Å². The second-order valence-electron chi connectivity index (χ2n) is 4.17. The molecule has 0 saturated carbocycles. The standard InChI is InChI=1S/C14H15ClF3NO2/c1-3-5-12(13(20)21-4-2)19-11-7-6-9(8-10(11)15)14(16,17)18/h3,6-8,12,19H,1,4-5H2,2H3. The van der Waals surface area contributed by atoms with Gasteiger partial charge in [0.05, 0.1) is 22.9 Å². The lowest BCUT2D eigenvalue weighted by Gasteiger charge is -2.18. The number of carbonyl (C=O) groups is 1. The number of carbonyl (C=O) groups excluding carboxylic acids is 1. The highest BCUT2D eigenvalue weighted by Crippen LogP contribution is 2.34. The Hall–Kier alpha value is -1.69. The third-order valence-corrected chi connectivity index (χ3v) is 2.91. The van der Waals surface area contributed by atoms with Crippen molar-refractivity contribution in [3.8, 4) is 0 Å². The molecule has 0 heterocycles. The van der Waals surface area contributed by atoms with Gasteiger partial charge in [0.25, 0.3) is 0 Å². The second kappa shape index (κ2) is 7.36. The predicted octanol–water partition coefficient (Wildman–Crippen LogP) is 4.28. The fourth-order valence-corrected chi connectivity index (χ4v) is 1.85. The molecule has 21 heavy (non-hydrogen) atoms. The summed E-state index contributed by atoms with van der Waals surface area (Å²) in [6.07, 6.45) is -2.70. The molecule has 0 fully saturated rings. The van der Waals surface area contributed by atoms with Crippen LogP contribution in [0.1, 0.15) is 18.9 Å². The van der Waals surface area contributed by atoms with E-state index in [0.717, 1.165) is 12.1 Å². The molecule has 7 heteroatoms. The maximum atomic E-state index is 12.5. The lowest BCUT2D eigenvalue weighted by atomic mass is 10.1. The second-order valence-corrected chi connectivity index (χ2v) is 4.57. The fourth-order valence-electron chi connectivity index (χ4n) is 1.62. The highest BCUT2D eigenvalue weighted by molar-refractivity contribution is 6.33. The number of hydrogen-bond acceptors (Lipinski definition) is 3. The van der Waals surface area contributed by atoms with Crippen molar-refractivity contribution < 1.29 is 22.7 Å². The average Bonchev–Trinajstić information content (AvgIpc) is 2.39. The third kappa shape index (κ3) is 4.97.